The van der Waals surface area contributed by atoms with Crippen LogP contribution in [0, 0.1) is 5.82 Å². The van der Waals surface area contributed by atoms with Crippen LogP contribution in [0.5, 0.6) is 0 Å². The molecule has 1 rings (SSSR count). The third-order valence-corrected chi connectivity index (χ3v) is 2.88. The predicted molar refractivity (Wildman–Crippen MR) is 63.7 cm³/mol. The van der Waals surface area contributed by atoms with Crippen LogP contribution in [-0.2, 0) is 0 Å². The van der Waals surface area contributed by atoms with E-state index in [1.807, 2.05) is 6.92 Å². The smallest absolute Gasteiger partial charge is 0.251 e. The Bertz CT molecular complexity index is 384. The summed E-state index contributed by atoms with van der Waals surface area (Å²) in [5, 5.41) is 2.51. The summed E-state index contributed by atoms with van der Waals surface area (Å²) in [6.45, 7) is 2.28. The number of benzene rings is 1. The van der Waals surface area contributed by atoms with E-state index in [1.54, 1.807) is 0 Å². The van der Waals surface area contributed by atoms with Crippen LogP contribution in [-0.4, -0.2) is 17.8 Å². The zero-order valence-corrected chi connectivity index (χ0v) is 10.3. The highest BCUT2D eigenvalue weighted by Gasteiger charge is 2.10. The summed E-state index contributed by atoms with van der Waals surface area (Å²) in [6.07, 6.45) is 0.761. The second-order valence-electron chi connectivity index (χ2n) is 3.34. The molecule has 0 aliphatic carbocycles. The molecule has 0 bridgehead atoms. The molecule has 0 aromatic heterocycles. The molecule has 0 aliphatic heterocycles. The van der Waals surface area contributed by atoms with Crippen molar-refractivity contribution < 1.29 is 9.18 Å². The average molecular weight is 264 g/mol. The number of carbonyl (C=O) groups is 1. The zero-order valence-electron chi connectivity index (χ0n) is 8.77. The lowest BCUT2D eigenvalue weighted by Gasteiger charge is -2.08. The van der Waals surface area contributed by atoms with Gasteiger partial charge in [-0.15, -0.1) is 11.6 Å². The number of rotatable bonds is 4. The number of hydrogen-bond donors (Lipinski definition) is 1. The number of amides is 1. The lowest BCUT2D eigenvalue weighted by atomic mass is 10.2. The molecule has 1 amide bonds. The van der Waals surface area contributed by atoms with E-state index in [-0.39, 0.29) is 21.9 Å². The molecular weight excluding hydrogens is 252 g/mol. The van der Waals surface area contributed by atoms with E-state index < -0.39 is 5.82 Å². The van der Waals surface area contributed by atoms with Gasteiger partial charge in [0.15, 0.2) is 0 Å². The first kappa shape index (κ1) is 13.3. The fourth-order valence-electron chi connectivity index (χ4n) is 1.09. The molecule has 2 nitrogen and oxygen atoms in total. The minimum Gasteiger partial charge on any atom is -0.351 e. The van der Waals surface area contributed by atoms with Gasteiger partial charge in [0, 0.05) is 12.1 Å². The quantitative estimate of drug-likeness (QED) is 0.831. The summed E-state index contributed by atoms with van der Waals surface area (Å²) in [5.41, 5.74) is 0.238. The van der Waals surface area contributed by atoms with Crippen LogP contribution in [0.4, 0.5) is 4.39 Å². The maximum absolute atomic E-state index is 13.1. The first-order valence-corrected chi connectivity index (χ1v) is 5.73. The fourth-order valence-corrected chi connectivity index (χ4v) is 1.28. The van der Waals surface area contributed by atoms with Crippen molar-refractivity contribution in [1.82, 2.24) is 5.32 Å². The molecule has 1 unspecified atom stereocenters. The third-order valence-electron chi connectivity index (χ3n) is 2.11. The number of nitrogens with one attached hydrogen (secondary N) is 1. The van der Waals surface area contributed by atoms with Crippen molar-refractivity contribution in [3.8, 4) is 0 Å². The number of carbonyl (C=O) groups excluding carboxylic acids is 1. The predicted octanol–water partition coefficient (Wildman–Crippen LogP) is 3.23. The number of halogens is 3. The van der Waals surface area contributed by atoms with E-state index in [0.29, 0.717) is 6.54 Å². The number of hydrogen-bond acceptors (Lipinski definition) is 1. The SMILES string of the molecule is CCC(Cl)CNC(=O)c1ccc(Cl)c(F)c1. The Labute approximate surface area is 104 Å². The maximum atomic E-state index is 13.1. The van der Waals surface area contributed by atoms with Gasteiger partial charge in [0.05, 0.1) is 10.4 Å². The second kappa shape index (κ2) is 6.06. The van der Waals surface area contributed by atoms with E-state index in [2.05, 4.69) is 5.32 Å². The monoisotopic (exact) mass is 263 g/mol. The van der Waals surface area contributed by atoms with Crippen LogP contribution in [0.1, 0.15) is 23.7 Å². The van der Waals surface area contributed by atoms with E-state index >= 15 is 0 Å². The van der Waals surface area contributed by atoms with Crippen LogP contribution in [0.2, 0.25) is 5.02 Å². The molecule has 5 heteroatoms. The Hall–Kier alpha value is -0.800. The molecule has 0 saturated carbocycles. The summed E-state index contributed by atoms with van der Waals surface area (Å²) in [7, 11) is 0. The highest BCUT2D eigenvalue weighted by atomic mass is 35.5. The van der Waals surface area contributed by atoms with Crippen molar-refractivity contribution in [3.63, 3.8) is 0 Å². The minimum absolute atomic E-state index is 0.000304. The Morgan fingerprint density at radius 3 is 2.81 bits per heavy atom. The lowest BCUT2D eigenvalue weighted by molar-refractivity contribution is 0.0953. The van der Waals surface area contributed by atoms with E-state index in [9.17, 15) is 9.18 Å². The maximum Gasteiger partial charge on any atom is 0.251 e. The average Bonchev–Trinajstić information content (AvgIpc) is 2.29. The van der Waals surface area contributed by atoms with E-state index in [4.69, 9.17) is 23.2 Å². The van der Waals surface area contributed by atoms with Crippen molar-refractivity contribution in [2.75, 3.05) is 6.54 Å². The Kier molecular flexibility index (Phi) is 5.03. The molecule has 0 spiro atoms. The van der Waals surface area contributed by atoms with Crippen LogP contribution < -0.4 is 5.32 Å². The summed E-state index contributed by atoms with van der Waals surface area (Å²) >= 11 is 11.4. The molecule has 1 aromatic rings. The zero-order chi connectivity index (χ0) is 12.1. The number of alkyl halides is 1. The third kappa shape index (κ3) is 3.65. The first-order valence-electron chi connectivity index (χ1n) is 4.92. The first-order chi connectivity index (χ1) is 7.54. The molecule has 0 radical (unpaired) electrons. The van der Waals surface area contributed by atoms with Gasteiger partial charge < -0.3 is 5.32 Å². The summed E-state index contributed by atoms with van der Waals surface area (Å²) in [4.78, 5) is 11.5. The normalized spacial score (nSPS) is 12.2. The Morgan fingerprint density at radius 1 is 1.56 bits per heavy atom. The molecule has 16 heavy (non-hydrogen) atoms. The lowest BCUT2D eigenvalue weighted by Crippen LogP contribution is -2.29. The topological polar surface area (TPSA) is 29.1 Å². The van der Waals surface area contributed by atoms with Gasteiger partial charge >= 0.3 is 0 Å². The fraction of sp³-hybridized carbons (Fsp3) is 0.364. The van der Waals surface area contributed by atoms with Crippen molar-refractivity contribution in [2.45, 2.75) is 18.7 Å². The molecule has 1 aromatic carbocycles. The van der Waals surface area contributed by atoms with Gasteiger partial charge in [-0.25, -0.2) is 4.39 Å². The van der Waals surface area contributed by atoms with E-state index in [0.717, 1.165) is 12.5 Å². The van der Waals surface area contributed by atoms with Gasteiger partial charge in [0.2, 0.25) is 0 Å². The van der Waals surface area contributed by atoms with Gasteiger partial charge in [-0.1, -0.05) is 18.5 Å². The van der Waals surface area contributed by atoms with Crippen LogP contribution >= 0.6 is 23.2 Å². The molecule has 1 N–H and O–H groups in total. The molecule has 88 valence electrons. The Balaban J connectivity index is 2.63. The summed E-state index contributed by atoms with van der Waals surface area (Å²) in [5.74, 6) is -0.957. The van der Waals surface area contributed by atoms with Gasteiger partial charge in [-0.2, -0.15) is 0 Å². The summed E-state index contributed by atoms with van der Waals surface area (Å²) < 4.78 is 13.1. The van der Waals surface area contributed by atoms with Gasteiger partial charge in [0.1, 0.15) is 5.82 Å². The molecule has 0 saturated heterocycles. The summed E-state index contributed by atoms with van der Waals surface area (Å²) in [6, 6.07) is 3.92. The highest BCUT2D eigenvalue weighted by Crippen LogP contribution is 2.15. The minimum atomic E-state index is -0.604. The molecule has 0 fully saturated rings. The van der Waals surface area contributed by atoms with Gasteiger partial charge in [0.25, 0.3) is 5.91 Å². The van der Waals surface area contributed by atoms with Crippen molar-refractivity contribution in [1.29, 1.82) is 0 Å². The second-order valence-corrected chi connectivity index (χ2v) is 4.37. The van der Waals surface area contributed by atoms with Gasteiger partial charge in [-0.05, 0) is 24.6 Å². The van der Waals surface area contributed by atoms with Gasteiger partial charge in [-0.3, -0.25) is 4.79 Å². The van der Waals surface area contributed by atoms with Crippen molar-refractivity contribution >= 4 is 29.1 Å². The standard InChI is InChI=1S/C11H12Cl2FNO/c1-2-8(12)6-15-11(16)7-3-4-9(13)10(14)5-7/h3-5,8H,2,6H2,1H3,(H,15,16). The molecule has 0 aliphatic rings. The molecule has 1 atom stereocenters. The van der Waals surface area contributed by atoms with Crippen molar-refractivity contribution in [2.24, 2.45) is 0 Å². The highest BCUT2D eigenvalue weighted by molar-refractivity contribution is 6.30. The largest absolute Gasteiger partial charge is 0.351 e. The molecule has 0 heterocycles. The van der Waals surface area contributed by atoms with Crippen molar-refractivity contribution in [3.05, 3.63) is 34.6 Å². The van der Waals surface area contributed by atoms with Crippen LogP contribution in [0.25, 0.3) is 0 Å². The van der Waals surface area contributed by atoms with Crippen LogP contribution in [0.3, 0.4) is 0 Å². The van der Waals surface area contributed by atoms with E-state index in [1.165, 1.54) is 12.1 Å². The molecular formula is C11H12Cl2FNO. The Morgan fingerprint density at radius 2 is 2.25 bits per heavy atom. The van der Waals surface area contributed by atoms with Crippen LogP contribution in [0.15, 0.2) is 18.2 Å².